The van der Waals surface area contributed by atoms with Crippen LogP contribution >= 0.6 is 0 Å². The van der Waals surface area contributed by atoms with E-state index in [9.17, 15) is 14.4 Å². The maximum Gasteiger partial charge on any atom is 0.329 e. The Balaban J connectivity index is 1.26. The molecule has 0 aromatic heterocycles. The lowest BCUT2D eigenvalue weighted by Gasteiger charge is -2.24. The average molecular weight is 527 g/mol. The van der Waals surface area contributed by atoms with Crippen LogP contribution in [0, 0.1) is 11.8 Å². The zero-order valence-corrected chi connectivity index (χ0v) is 22.1. The average Bonchev–Trinajstić information content (AvgIpc) is 3.71. The number of carbonyl (C=O) groups is 3. The number of benzene rings is 3. The van der Waals surface area contributed by atoms with Crippen LogP contribution in [-0.4, -0.2) is 37.0 Å². The van der Waals surface area contributed by atoms with Crippen molar-refractivity contribution in [1.29, 1.82) is 0 Å². The van der Waals surface area contributed by atoms with Gasteiger partial charge in [0.15, 0.2) is 0 Å². The summed E-state index contributed by atoms with van der Waals surface area (Å²) in [7, 11) is 1.59. The highest BCUT2D eigenvalue weighted by Crippen LogP contribution is 2.34. The van der Waals surface area contributed by atoms with Crippen molar-refractivity contribution in [3.05, 3.63) is 101 Å². The number of amides is 2. The maximum absolute atomic E-state index is 13.5. The second-order valence-electron chi connectivity index (χ2n) is 10.4. The van der Waals surface area contributed by atoms with Gasteiger partial charge >= 0.3 is 5.97 Å². The van der Waals surface area contributed by atoms with Crippen LogP contribution in [0.1, 0.15) is 35.1 Å². The van der Waals surface area contributed by atoms with Crippen LogP contribution in [-0.2, 0) is 45.0 Å². The number of rotatable bonds is 11. The van der Waals surface area contributed by atoms with Crippen LogP contribution < -0.4 is 15.4 Å². The van der Waals surface area contributed by atoms with Gasteiger partial charge in [-0.3, -0.25) is 9.59 Å². The molecular weight excluding hydrogens is 492 g/mol. The summed E-state index contributed by atoms with van der Waals surface area (Å²) in [6, 6.07) is 23.3. The first-order chi connectivity index (χ1) is 19.0. The van der Waals surface area contributed by atoms with E-state index >= 15 is 0 Å². The number of ether oxygens (including phenoxy) is 2. The van der Waals surface area contributed by atoms with Gasteiger partial charge in [0.1, 0.15) is 24.4 Å². The lowest BCUT2D eigenvalue weighted by molar-refractivity contribution is -0.149. The number of fused-ring (bicyclic) bond motifs is 1. The van der Waals surface area contributed by atoms with Gasteiger partial charge in [0.05, 0.1) is 7.11 Å². The molecule has 0 saturated heterocycles. The Hall–Kier alpha value is -4.13. The van der Waals surface area contributed by atoms with Crippen LogP contribution in [0.15, 0.2) is 78.9 Å². The molecule has 1 saturated carbocycles. The summed E-state index contributed by atoms with van der Waals surface area (Å²) < 4.78 is 10.8. The normalized spacial score (nSPS) is 16.0. The van der Waals surface area contributed by atoms with Crippen molar-refractivity contribution in [3.63, 3.8) is 0 Å². The van der Waals surface area contributed by atoms with E-state index in [-0.39, 0.29) is 36.7 Å². The molecule has 0 heterocycles. The monoisotopic (exact) mass is 526 g/mol. The van der Waals surface area contributed by atoms with Gasteiger partial charge in [-0.2, -0.15) is 0 Å². The Morgan fingerprint density at radius 3 is 2.08 bits per heavy atom. The SMILES string of the molecule is COc1ccc(C[C@H](NC(=O)[C@@H](NC(=O)C2Cc3ccccc3C2)C2CC2)C(=O)OCc2ccccc2)cc1. The minimum atomic E-state index is -0.900. The molecule has 7 heteroatoms. The molecule has 2 amide bonds. The van der Waals surface area contributed by atoms with Crippen LogP contribution in [0.3, 0.4) is 0 Å². The van der Waals surface area contributed by atoms with Crippen molar-refractivity contribution in [2.75, 3.05) is 7.11 Å². The molecule has 0 unspecified atom stereocenters. The highest BCUT2D eigenvalue weighted by Gasteiger charge is 2.40. The number of hydrogen-bond acceptors (Lipinski definition) is 5. The summed E-state index contributed by atoms with van der Waals surface area (Å²) in [5.41, 5.74) is 4.09. The topological polar surface area (TPSA) is 93.7 Å². The molecule has 0 spiro atoms. The number of esters is 1. The quantitative estimate of drug-likeness (QED) is 0.371. The van der Waals surface area contributed by atoms with Crippen molar-refractivity contribution in [3.8, 4) is 5.75 Å². The summed E-state index contributed by atoms with van der Waals surface area (Å²) in [6.07, 6.45) is 3.34. The molecule has 202 valence electrons. The summed E-state index contributed by atoms with van der Waals surface area (Å²) in [4.78, 5) is 39.9. The molecule has 0 radical (unpaired) electrons. The molecule has 2 aliphatic rings. The number of methoxy groups -OCH3 is 1. The predicted molar refractivity (Wildman–Crippen MR) is 147 cm³/mol. The molecule has 39 heavy (non-hydrogen) atoms. The van der Waals surface area contributed by atoms with Crippen LogP contribution in [0.25, 0.3) is 0 Å². The van der Waals surface area contributed by atoms with Crippen LogP contribution in [0.5, 0.6) is 5.75 Å². The lowest BCUT2D eigenvalue weighted by atomic mass is 10.0. The molecule has 3 aromatic rings. The number of hydrogen-bond donors (Lipinski definition) is 2. The van der Waals surface area contributed by atoms with E-state index in [0.29, 0.717) is 18.6 Å². The zero-order valence-electron chi connectivity index (χ0n) is 22.1. The van der Waals surface area contributed by atoms with Gasteiger partial charge in [0, 0.05) is 12.3 Å². The largest absolute Gasteiger partial charge is 0.497 e. The molecule has 7 nitrogen and oxygen atoms in total. The third-order valence-corrected chi connectivity index (χ3v) is 7.52. The predicted octanol–water partition coefficient (Wildman–Crippen LogP) is 3.78. The molecule has 0 aliphatic heterocycles. The van der Waals surface area contributed by atoms with Gasteiger partial charge in [0.25, 0.3) is 0 Å². The summed E-state index contributed by atoms with van der Waals surface area (Å²) in [5, 5.41) is 5.92. The highest BCUT2D eigenvalue weighted by molar-refractivity contribution is 5.92. The van der Waals surface area contributed by atoms with E-state index in [1.807, 2.05) is 66.7 Å². The van der Waals surface area contributed by atoms with Gasteiger partial charge in [-0.15, -0.1) is 0 Å². The summed E-state index contributed by atoms with van der Waals surface area (Å²) in [5.74, 6) is -0.401. The van der Waals surface area contributed by atoms with Gasteiger partial charge < -0.3 is 20.1 Å². The van der Waals surface area contributed by atoms with Gasteiger partial charge in [-0.05, 0) is 66.0 Å². The molecule has 1 fully saturated rings. The third kappa shape index (κ3) is 6.85. The van der Waals surface area contributed by atoms with E-state index < -0.39 is 18.1 Å². The molecule has 5 rings (SSSR count). The van der Waals surface area contributed by atoms with Crippen molar-refractivity contribution in [2.45, 2.75) is 50.8 Å². The number of carbonyl (C=O) groups excluding carboxylic acids is 3. The Kier molecular flexibility index (Phi) is 8.25. The zero-order chi connectivity index (χ0) is 27.2. The fraction of sp³-hybridized carbons (Fsp3) is 0.344. The smallest absolute Gasteiger partial charge is 0.329 e. The second-order valence-corrected chi connectivity index (χ2v) is 10.4. The van der Waals surface area contributed by atoms with Crippen LogP contribution in [0.4, 0.5) is 0 Å². The minimum Gasteiger partial charge on any atom is -0.497 e. The molecule has 3 aromatic carbocycles. The number of nitrogens with one attached hydrogen (secondary N) is 2. The van der Waals surface area contributed by atoms with Crippen molar-refractivity contribution < 1.29 is 23.9 Å². The van der Waals surface area contributed by atoms with E-state index in [2.05, 4.69) is 22.8 Å². The highest BCUT2D eigenvalue weighted by atomic mass is 16.5. The van der Waals surface area contributed by atoms with E-state index in [0.717, 1.165) is 24.0 Å². The van der Waals surface area contributed by atoms with E-state index in [1.54, 1.807) is 7.11 Å². The molecule has 0 bridgehead atoms. The Morgan fingerprint density at radius 2 is 1.46 bits per heavy atom. The van der Waals surface area contributed by atoms with Crippen molar-refractivity contribution in [2.24, 2.45) is 11.8 Å². The lowest BCUT2D eigenvalue weighted by Crippen LogP contribution is -2.54. The van der Waals surface area contributed by atoms with Gasteiger partial charge in [0.2, 0.25) is 11.8 Å². The first-order valence-electron chi connectivity index (χ1n) is 13.5. The second kappa shape index (κ2) is 12.2. The third-order valence-electron chi connectivity index (χ3n) is 7.52. The van der Waals surface area contributed by atoms with Gasteiger partial charge in [-0.1, -0.05) is 66.7 Å². The Labute approximate surface area is 228 Å². The van der Waals surface area contributed by atoms with Crippen LogP contribution in [0.2, 0.25) is 0 Å². The first kappa shape index (κ1) is 26.5. The summed E-state index contributed by atoms with van der Waals surface area (Å²) >= 11 is 0. The molecule has 2 atom stereocenters. The minimum absolute atomic E-state index is 0.0692. The standard InChI is InChI=1S/C32H34N2O5/c1-38-27-15-11-21(12-16-27)17-28(32(37)39-20-22-7-3-2-4-8-22)33-31(36)29(23-13-14-23)34-30(35)26-18-24-9-5-6-10-25(24)19-26/h2-12,15-16,23,26,28-29H,13-14,17-20H2,1H3,(H,33,36)(H,34,35)/t28-,29-/m0/s1. The molecular formula is C32H34N2O5. The van der Waals surface area contributed by atoms with Crippen molar-refractivity contribution >= 4 is 17.8 Å². The first-order valence-corrected chi connectivity index (χ1v) is 13.5. The Bertz CT molecular complexity index is 1280. The maximum atomic E-state index is 13.5. The van der Waals surface area contributed by atoms with E-state index in [1.165, 1.54) is 11.1 Å². The fourth-order valence-corrected chi connectivity index (χ4v) is 5.12. The van der Waals surface area contributed by atoms with Crippen molar-refractivity contribution in [1.82, 2.24) is 10.6 Å². The molecule has 2 aliphatic carbocycles. The van der Waals surface area contributed by atoms with Gasteiger partial charge in [-0.25, -0.2) is 4.79 Å². The van der Waals surface area contributed by atoms with E-state index in [4.69, 9.17) is 9.47 Å². The fourth-order valence-electron chi connectivity index (χ4n) is 5.12. The molecule has 2 N–H and O–H groups in total. The Morgan fingerprint density at radius 1 is 0.821 bits per heavy atom. The summed E-state index contributed by atoms with van der Waals surface area (Å²) in [6.45, 7) is 0.111.